The Hall–Kier alpha value is -2.14. The maximum Gasteiger partial charge on any atom is 0.253 e. The molecule has 0 spiro atoms. The molecule has 26 heavy (non-hydrogen) atoms. The molecule has 0 bridgehead atoms. The maximum absolute atomic E-state index is 12.8. The monoisotopic (exact) mass is 371 g/mol. The number of hydrogen-bond acceptors (Lipinski definition) is 3. The number of rotatable bonds is 3. The minimum Gasteiger partial charge on any atom is -0.337 e. The second kappa shape index (κ2) is 6.88. The molecule has 2 aromatic carbocycles. The lowest BCUT2D eigenvalue weighted by Gasteiger charge is -2.20. The largest absolute Gasteiger partial charge is 0.337 e. The molecule has 1 fully saturated rings. The predicted molar refractivity (Wildman–Crippen MR) is 103 cm³/mol. The Morgan fingerprint density at radius 3 is 2.19 bits per heavy atom. The zero-order valence-corrected chi connectivity index (χ0v) is 16.3. The fourth-order valence-corrected chi connectivity index (χ4v) is 4.98. The van der Waals surface area contributed by atoms with Crippen LogP contribution in [0.3, 0.4) is 0 Å². The Labute approximate surface area is 155 Å². The number of nitrogens with zero attached hydrogens (tertiary/aromatic N) is 1. The lowest BCUT2D eigenvalue weighted by Crippen LogP contribution is -2.32. The van der Waals surface area contributed by atoms with E-state index < -0.39 is 15.1 Å². The van der Waals surface area contributed by atoms with Gasteiger partial charge in [-0.3, -0.25) is 4.79 Å². The van der Waals surface area contributed by atoms with E-state index in [-0.39, 0.29) is 17.9 Å². The SMILES string of the molecule is CC(C)(C)c1ccc(C(=O)N2CCC(S(=O)(=O)c3ccccc3)C2)cc1. The summed E-state index contributed by atoms with van der Waals surface area (Å²) >= 11 is 0. The van der Waals surface area contributed by atoms with Crippen LogP contribution in [0.15, 0.2) is 59.5 Å². The van der Waals surface area contributed by atoms with Crippen molar-refractivity contribution >= 4 is 15.7 Å². The molecule has 0 saturated carbocycles. The molecule has 1 aliphatic heterocycles. The fraction of sp³-hybridized carbons (Fsp3) is 0.381. The van der Waals surface area contributed by atoms with E-state index in [4.69, 9.17) is 0 Å². The number of carbonyl (C=O) groups is 1. The Balaban J connectivity index is 1.73. The van der Waals surface area contributed by atoms with Crippen LogP contribution in [-0.2, 0) is 15.3 Å². The van der Waals surface area contributed by atoms with E-state index in [0.717, 1.165) is 0 Å². The van der Waals surface area contributed by atoms with Gasteiger partial charge in [0, 0.05) is 18.7 Å². The van der Waals surface area contributed by atoms with Crippen molar-refractivity contribution < 1.29 is 13.2 Å². The van der Waals surface area contributed by atoms with Gasteiger partial charge in [-0.2, -0.15) is 0 Å². The molecule has 3 rings (SSSR count). The molecule has 0 aromatic heterocycles. The van der Waals surface area contributed by atoms with Crippen molar-refractivity contribution in [2.45, 2.75) is 42.8 Å². The summed E-state index contributed by atoms with van der Waals surface area (Å²) in [6.45, 7) is 7.10. The number of amides is 1. The molecule has 2 aromatic rings. The lowest BCUT2D eigenvalue weighted by molar-refractivity contribution is 0.0793. The molecule has 1 aliphatic rings. The third-order valence-corrected chi connectivity index (χ3v) is 7.13. The first-order chi connectivity index (χ1) is 12.2. The molecular weight excluding hydrogens is 346 g/mol. The van der Waals surface area contributed by atoms with Crippen LogP contribution in [0.2, 0.25) is 0 Å². The zero-order valence-electron chi connectivity index (χ0n) is 15.5. The van der Waals surface area contributed by atoms with Crippen LogP contribution in [0.25, 0.3) is 0 Å². The maximum atomic E-state index is 12.8. The molecule has 0 radical (unpaired) electrons. The summed E-state index contributed by atoms with van der Waals surface area (Å²) in [5.74, 6) is -0.101. The molecule has 0 N–H and O–H groups in total. The molecule has 1 saturated heterocycles. The minimum atomic E-state index is -3.41. The van der Waals surface area contributed by atoms with Gasteiger partial charge in [0.25, 0.3) is 5.91 Å². The van der Waals surface area contributed by atoms with Crippen LogP contribution in [0, 0.1) is 0 Å². The van der Waals surface area contributed by atoms with Crippen LogP contribution in [0.1, 0.15) is 43.1 Å². The van der Waals surface area contributed by atoms with E-state index in [2.05, 4.69) is 20.8 Å². The van der Waals surface area contributed by atoms with Crippen molar-refractivity contribution in [1.29, 1.82) is 0 Å². The quantitative estimate of drug-likeness (QED) is 0.827. The first kappa shape index (κ1) is 18.6. The Kier molecular flexibility index (Phi) is 4.93. The predicted octanol–water partition coefficient (Wildman–Crippen LogP) is 3.67. The van der Waals surface area contributed by atoms with Gasteiger partial charge in [-0.25, -0.2) is 8.42 Å². The van der Waals surface area contributed by atoms with E-state index in [0.29, 0.717) is 23.4 Å². The van der Waals surface area contributed by atoms with Gasteiger partial charge in [0.05, 0.1) is 10.1 Å². The second-order valence-corrected chi connectivity index (χ2v) is 10.1. The van der Waals surface area contributed by atoms with E-state index in [1.807, 2.05) is 24.3 Å². The first-order valence-corrected chi connectivity index (χ1v) is 10.4. The number of hydrogen-bond donors (Lipinski definition) is 0. The average Bonchev–Trinajstić information content (AvgIpc) is 3.12. The van der Waals surface area contributed by atoms with Crippen molar-refractivity contribution in [1.82, 2.24) is 4.90 Å². The fourth-order valence-electron chi connectivity index (χ4n) is 3.26. The van der Waals surface area contributed by atoms with Gasteiger partial charge in [0.15, 0.2) is 9.84 Å². The number of benzene rings is 2. The molecule has 1 atom stereocenters. The highest BCUT2D eigenvalue weighted by Crippen LogP contribution is 2.26. The second-order valence-electron chi connectivity index (χ2n) is 7.85. The van der Waals surface area contributed by atoms with Crippen LogP contribution in [0.4, 0.5) is 0 Å². The standard InChI is InChI=1S/C21H25NO3S/c1-21(2,3)17-11-9-16(10-12-17)20(23)22-14-13-19(15-22)26(24,25)18-7-5-4-6-8-18/h4-12,19H,13-15H2,1-3H3. The molecule has 138 valence electrons. The summed E-state index contributed by atoms with van der Waals surface area (Å²) in [7, 11) is -3.41. The molecular formula is C21H25NO3S. The van der Waals surface area contributed by atoms with Crippen LogP contribution in [-0.4, -0.2) is 37.6 Å². The summed E-state index contributed by atoms with van der Waals surface area (Å²) in [6.07, 6.45) is 0.475. The van der Waals surface area contributed by atoms with Gasteiger partial charge >= 0.3 is 0 Å². The third-order valence-electron chi connectivity index (χ3n) is 4.94. The van der Waals surface area contributed by atoms with Crippen molar-refractivity contribution in [2.24, 2.45) is 0 Å². The van der Waals surface area contributed by atoms with Gasteiger partial charge in [0.1, 0.15) is 0 Å². The highest BCUT2D eigenvalue weighted by atomic mass is 32.2. The Morgan fingerprint density at radius 2 is 1.62 bits per heavy atom. The summed E-state index contributed by atoms with van der Waals surface area (Å²) in [6, 6.07) is 16.1. The van der Waals surface area contributed by atoms with Crippen molar-refractivity contribution in [3.05, 3.63) is 65.7 Å². The highest BCUT2D eigenvalue weighted by molar-refractivity contribution is 7.92. The molecule has 1 amide bonds. The Morgan fingerprint density at radius 1 is 1.00 bits per heavy atom. The minimum absolute atomic E-state index is 0.0318. The summed E-state index contributed by atoms with van der Waals surface area (Å²) in [5, 5.41) is -0.539. The van der Waals surface area contributed by atoms with E-state index in [1.54, 1.807) is 35.2 Å². The normalized spacial score (nSPS) is 18.1. The summed E-state index contributed by atoms with van der Waals surface area (Å²) in [5.41, 5.74) is 1.81. The van der Waals surface area contributed by atoms with Crippen LogP contribution in [0.5, 0.6) is 0 Å². The van der Waals surface area contributed by atoms with Crippen LogP contribution >= 0.6 is 0 Å². The van der Waals surface area contributed by atoms with Gasteiger partial charge in [-0.15, -0.1) is 0 Å². The zero-order chi connectivity index (χ0) is 18.9. The van der Waals surface area contributed by atoms with E-state index >= 15 is 0 Å². The van der Waals surface area contributed by atoms with Crippen molar-refractivity contribution in [3.8, 4) is 0 Å². The van der Waals surface area contributed by atoms with E-state index in [9.17, 15) is 13.2 Å². The van der Waals surface area contributed by atoms with Crippen LogP contribution < -0.4 is 0 Å². The van der Waals surface area contributed by atoms with Gasteiger partial charge in [0.2, 0.25) is 0 Å². The molecule has 5 heteroatoms. The molecule has 0 aliphatic carbocycles. The van der Waals surface area contributed by atoms with Gasteiger partial charge < -0.3 is 4.90 Å². The number of likely N-dealkylation sites (tertiary alicyclic amines) is 1. The third kappa shape index (κ3) is 3.68. The average molecular weight is 372 g/mol. The molecule has 4 nitrogen and oxygen atoms in total. The number of carbonyl (C=O) groups excluding carboxylic acids is 1. The van der Waals surface area contributed by atoms with Crippen molar-refractivity contribution in [2.75, 3.05) is 13.1 Å². The van der Waals surface area contributed by atoms with Gasteiger partial charge in [-0.05, 0) is 41.7 Å². The number of sulfone groups is 1. The van der Waals surface area contributed by atoms with E-state index in [1.165, 1.54) is 5.56 Å². The smallest absolute Gasteiger partial charge is 0.253 e. The topological polar surface area (TPSA) is 54.5 Å². The highest BCUT2D eigenvalue weighted by Gasteiger charge is 2.36. The molecule has 1 heterocycles. The molecule has 1 unspecified atom stereocenters. The summed E-state index contributed by atoms with van der Waals surface area (Å²) in [4.78, 5) is 14.7. The lowest BCUT2D eigenvalue weighted by atomic mass is 9.86. The Bertz CT molecular complexity index is 881. The first-order valence-electron chi connectivity index (χ1n) is 8.88. The van der Waals surface area contributed by atoms with Gasteiger partial charge in [-0.1, -0.05) is 51.1 Å². The summed E-state index contributed by atoms with van der Waals surface area (Å²) < 4.78 is 25.5. The van der Waals surface area contributed by atoms with Crippen molar-refractivity contribution in [3.63, 3.8) is 0 Å².